The minimum Gasteiger partial charge on any atom is -0.378 e. The van der Waals surface area contributed by atoms with Crippen LogP contribution in [0.3, 0.4) is 0 Å². The molecule has 144 valence electrons. The molecule has 0 aliphatic carbocycles. The van der Waals surface area contributed by atoms with E-state index in [9.17, 15) is 0 Å². The Bertz CT molecular complexity index is 673. The molecule has 0 aliphatic rings. The van der Waals surface area contributed by atoms with Gasteiger partial charge in [-0.2, -0.15) is 0 Å². The third kappa shape index (κ3) is 5.89. The Labute approximate surface area is 173 Å². The first-order valence-corrected chi connectivity index (χ1v) is 8.76. The number of benzene rings is 1. The fourth-order valence-corrected chi connectivity index (χ4v) is 2.63. The van der Waals surface area contributed by atoms with Crippen molar-refractivity contribution in [3.05, 3.63) is 46.8 Å². The van der Waals surface area contributed by atoms with Gasteiger partial charge in [-0.15, -0.1) is 24.0 Å². The summed E-state index contributed by atoms with van der Waals surface area (Å²) in [5, 5.41) is 10.8. The van der Waals surface area contributed by atoms with E-state index in [1.165, 1.54) is 11.3 Å². The van der Waals surface area contributed by atoms with Crippen LogP contribution in [0.4, 0.5) is 5.69 Å². The summed E-state index contributed by atoms with van der Waals surface area (Å²) < 4.78 is 5.41. The van der Waals surface area contributed by atoms with Crippen LogP contribution in [-0.2, 0) is 25.9 Å². The van der Waals surface area contributed by atoms with E-state index < -0.39 is 0 Å². The third-order valence-electron chi connectivity index (χ3n) is 4.18. The Morgan fingerprint density at radius 3 is 2.27 bits per heavy atom. The average molecular weight is 471 g/mol. The zero-order valence-corrected chi connectivity index (χ0v) is 18.6. The van der Waals surface area contributed by atoms with Crippen LogP contribution in [0.2, 0.25) is 0 Å². The second-order valence-corrected chi connectivity index (χ2v) is 6.08. The van der Waals surface area contributed by atoms with Gasteiger partial charge in [-0.05, 0) is 24.1 Å². The fraction of sp³-hybridized carbons (Fsp3) is 0.474. The van der Waals surface area contributed by atoms with E-state index >= 15 is 0 Å². The monoisotopic (exact) mass is 471 g/mol. The van der Waals surface area contributed by atoms with E-state index in [-0.39, 0.29) is 24.0 Å². The van der Waals surface area contributed by atoms with Crippen LogP contribution < -0.4 is 15.5 Å². The SMILES string of the molecule is CCc1noc(CC)c1CNC(=NC)NCc1ccc(N(C)C)cc1.I. The molecule has 6 nitrogen and oxygen atoms in total. The summed E-state index contributed by atoms with van der Waals surface area (Å²) in [6.07, 6.45) is 1.71. The molecule has 0 bridgehead atoms. The van der Waals surface area contributed by atoms with Gasteiger partial charge < -0.3 is 20.1 Å². The Kier molecular flexibility index (Phi) is 9.47. The molecule has 0 radical (unpaired) electrons. The minimum atomic E-state index is 0. The lowest BCUT2D eigenvalue weighted by molar-refractivity contribution is 0.380. The van der Waals surface area contributed by atoms with Gasteiger partial charge in [-0.1, -0.05) is 31.1 Å². The summed E-state index contributed by atoms with van der Waals surface area (Å²) in [6.45, 7) is 5.55. The smallest absolute Gasteiger partial charge is 0.191 e. The molecule has 26 heavy (non-hydrogen) atoms. The summed E-state index contributed by atoms with van der Waals surface area (Å²) in [4.78, 5) is 6.39. The summed E-state index contributed by atoms with van der Waals surface area (Å²) in [7, 11) is 5.86. The second-order valence-electron chi connectivity index (χ2n) is 6.08. The molecule has 1 heterocycles. The number of aryl methyl sites for hydroxylation is 2. The highest BCUT2D eigenvalue weighted by Crippen LogP contribution is 2.15. The van der Waals surface area contributed by atoms with Gasteiger partial charge in [0.05, 0.1) is 5.69 Å². The molecule has 0 unspecified atom stereocenters. The maximum atomic E-state index is 5.41. The number of rotatable bonds is 7. The second kappa shape index (κ2) is 11.1. The topological polar surface area (TPSA) is 65.7 Å². The standard InChI is InChI=1S/C19H29N5O.HI/c1-6-17-16(18(7-2)25-23-17)13-22-19(20-3)21-12-14-8-10-15(11-9-14)24(4)5;/h8-11H,6-7,12-13H2,1-5H3,(H2,20,21,22);1H. The van der Waals surface area contributed by atoms with Crippen LogP contribution in [0, 0.1) is 0 Å². The molecule has 0 spiro atoms. The highest BCUT2D eigenvalue weighted by atomic mass is 127. The normalized spacial score (nSPS) is 11.0. The van der Waals surface area contributed by atoms with Gasteiger partial charge in [0.25, 0.3) is 0 Å². The average Bonchev–Trinajstić information content (AvgIpc) is 3.04. The molecule has 0 saturated carbocycles. The number of nitrogens with one attached hydrogen (secondary N) is 2. The minimum absolute atomic E-state index is 0. The first-order valence-electron chi connectivity index (χ1n) is 8.76. The predicted octanol–water partition coefficient (Wildman–Crippen LogP) is 3.35. The van der Waals surface area contributed by atoms with Gasteiger partial charge in [0.15, 0.2) is 5.96 Å². The van der Waals surface area contributed by atoms with Gasteiger partial charge >= 0.3 is 0 Å². The summed E-state index contributed by atoms with van der Waals surface area (Å²) in [5.74, 6) is 1.71. The Hall–Kier alpha value is -1.77. The number of nitrogens with zero attached hydrogens (tertiary/aromatic N) is 3. The van der Waals surface area contributed by atoms with Crippen LogP contribution in [0.25, 0.3) is 0 Å². The molecule has 0 aliphatic heterocycles. The van der Waals surface area contributed by atoms with Crippen molar-refractivity contribution in [2.45, 2.75) is 39.8 Å². The number of anilines is 1. The maximum Gasteiger partial charge on any atom is 0.191 e. The van der Waals surface area contributed by atoms with Crippen molar-refractivity contribution in [3.63, 3.8) is 0 Å². The van der Waals surface area contributed by atoms with Crippen molar-refractivity contribution in [1.29, 1.82) is 0 Å². The van der Waals surface area contributed by atoms with Gasteiger partial charge in [0.1, 0.15) is 5.76 Å². The van der Waals surface area contributed by atoms with E-state index in [4.69, 9.17) is 4.52 Å². The summed E-state index contributed by atoms with van der Waals surface area (Å²) in [6, 6.07) is 8.48. The lowest BCUT2D eigenvalue weighted by atomic mass is 10.1. The Morgan fingerprint density at radius 1 is 1.08 bits per heavy atom. The third-order valence-corrected chi connectivity index (χ3v) is 4.18. The molecular weight excluding hydrogens is 441 g/mol. The molecule has 0 amide bonds. The highest BCUT2D eigenvalue weighted by molar-refractivity contribution is 14.0. The van der Waals surface area contributed by atoms with Gasteiger partial charge in [-0.25, -0.2) is 0 Å². The van der Waals surface area contributed by atoms with Crippen LogP contribution in [0.1, 0.15) is 36.4 Å². The van der Waals surface area contributed by atoms with E-state index in [1.807, 2.05) is 14.1 Å². The number of halogens is 1. The van der Waals surface area contributed by atoms with Crippen molar-refractivity contribution in [2.75, 3.05) is 26.0 Å². The van der Waals surface area contributed by atoms with Crippen LogP contribution >= 0.6 is 24.0 Å². The fourth-order valence-electron chi connectivity index (χ4n) is 2.63. The molecule has 2 rings (SSSR count). The number of hydrogen-bond acceptors (Lipinski definition) is 4. The molecule has 0 fully saturated rings. The molecule has 1 aromatic heterocycles. The summed E-state index contributed by atoms with van der Waals surface area (Å²) in [5.41, 5.74) is 4.56. The molecule has 2 aromatic rings. The van der Waals surface area contributed by atoms with Crippen LogP contribution in [-0.4, -0.2) is 32.3 Å². The number of aliphatic imine (C=N–C) groups is 1. The van der Waals surface area contributed by atoms with E-state index in [0.717, 1.165) is 42.4 Å². The van der Waals surface area contributed by atoms with Crippen LogP contribution in [0.15, 0.2) is 33.8 Å². The molecule has 2 N–H and O–H groups in total. The highest BCUT2D eigenvalue weighted by Gasteiger charge is 2.13. The van der Waals surface area contributed by atoms with Crippen molar-refractivity contribution in [3.8, 4) is 0 Å². The molecule has 0 saturated heterocycles. The molecule has 0 atom stereocenters. The quantitative estimate of drug-likeness (QED) is 0.369. The van der Waals surface area contributed by atoms with Crippen molar-refractivity contribution in [2.24, 2.45) is 4.99 Å². The number of hydrogen-bond donors (Lipinski definition) is 2. The largest absolute Gasteiger partial charge is 0.378 e. The first kappa shape index (κ1) is 22.3. The predicted molar refractivity (Wildman–Crippen MR) is 118 cm³/mol. The van der Waals surface area contributed by atoms with Gasteiger partial charge in [0.2, 0.25) is 0 Å². The van der Waals surface area contributed by atoms with E-state index in [1.54, 1.807) is 7.05 Å². The maximum absolute atomic E-state index is 5.41. The van der Waals surface area contributed by atoms with Crippen molar-refractivity contribution in [1.82, 2.24) is 15.8 Å². The zero-order chi connectivity index (χ0) is 18.2. The van der Waals surface area contributed by atoms with Crippen molar-refractivity contribution >= 4 is 35.6 Å². The van der Waals surface area contributed by atoms with E-state index in [2.05, 4.69) is 63.8 Å². The Morgan fingerprint density at radius 2 is 1.73 bits per heavy atom. The molecule has 7 heteroatoms. The van der Waals surface area contributed by atoms with Crippen LogP contribution in [0.5, 0.6) is 0 Å². The lowest BCUT2D eigenvalue weighted by Gasteiger charge is -2.14. The van der Waals surface area contributed by atoms with Gasteiger partial charge in [0, 0.05) is 51.9 Å². The summed E-state index contributed by atoms with van der Waals surface area (Å²) >= 11 is 0. The van der Waals surface area contributed by atoms with Gasteiger partial charge in [-0.3, -0.25) is 4.99 Å². The first-order chi connectivity index (χ1) is 12.1. The lowest BCUT2D eigenvalue weighted by Crippen LogP contribution is -2.36. The zero-order valence-electron chi connectivity index (χ0n) is 16.3. The Balaban J connectivity index is 0.00000338. The molecular formula is C19H30IN5O. The van der Waals surface area contributed by atoms with Crippen molar-refractivity contribution < 1.29 is 4.52 Å². The number of aromatic nitrogens is 1. The number of guanidine groups is 1. The van der Waals surface area contributed by atoms with E-state index in [0.29, 0.717) is 6.54 Å². The molecule has 1 aromatic carbocycles.